The third-order valence-corrected chi connectivity index (χ3v) is 5.53. The number of amides is 1. The molecule has 2 N–H and O–H groups in total. The van der Waals surface area contributed by atoms with Crippen LogP contribution >= 0.6 is 0 Å². The van der Waals surface area contributed by atoms with E-state index in [2.05, 4.69) is 10.0 Å². The SMILES string of the molecule is Cc1ccc(NC(=O)CCNS(=O)(=O)c2ccc3ccccc3c2)c(F)c1. The average Bonchev–Trinajstić information content (AvgIpc) is 2.63. The van der Waals surface area contributed by atoms with E-state index >= 15 is 0 Å². The van der Waals surface area contributed by atoms with Gasteiger partial charge in [-0.15, -0.1) is 0 Å². The number of halogens is 1. The first kappa shape index (κ1) is 19.0. The molecule has 3 aromatic rings. The molecule has 0 saturated heterocycles. The lowest BCUT2D eigenvalue weighted by atomic mass is 10.1. The number of hydrogen-bond donors (Lipinski definition) is 2. The van der Waals surface area contributed by atoms with Crippen LogP contribution in [0.5, 0.6) is 0 Å². The van der Waals surface area contributed by atoms with Gasteiger partial charge in [-0.2, -0.15) is 0 Å². The average molecular weight is 386 g/mol. The minimum absolute atomic E-state index is 0.0722. The van der Waals surface area contributed by atoms with Crippen molar-refractivity contribution in [3.05, 3.63) is 72.0 Å². The summed E-state index contributed by atoms with van der Waals surface area (Å²) in [6.07, 6.45) is -0.111. The summed E-state index contributed by atoms with van der Waals surface area (Å²) < 4.78 is 41.0. The van der Waals surface area contributed by atoms with Crippen molar-refractivity contribution in [2.75, 3.05) is 11.9 Å². The van der Waals surface area contributed by atoms with E-state index in [0.29, 0.717) is 0 Å². The number of carbonyl (C=O) groups is 1. The zero-order valence-electron chi connectivity index (χ0n) is 14.7. The van der Waals surface area contributed by atoms with Gasteiger partial charge in [0.2, 0.25) is 15.9 Å². The van der Waals surface area contributed by atoms with Crippen molar-refractivity contribution in [2.24, 2.45) is 0 Å². The Morgan fingerprint density at radius 2 is 1.74 bits per heavy atom. The first-order valence-electron chi connectivity index (χ1n) is 8.40. The second-order valence-corrected chi connectivity index (χ2v) is 7.96. The molecule has 0 radical (unpaired) electrons. The maximum atomic E-state index is 13.7. The largest absolute Gasteiger partial charge is 0.324 e. The molecule has 1 amide bonds. The van der Waals surface area contributed by atoms with Crippen LogP contribution in [0.4, 0.5) is 10.1 Å². The van der Waals surface area contributed by atoms with Gasteiger partial charge in [0.05, 0.1) is 10.6 Å². The molecule has 0 heterocycles. The predicted molar refractivity (Wildman–Crippen MR) is 104 cm³/mol. The summed E-state index contributed by atoms with van der Waals surface area (Å²) in [5, 5.41) is 4.19. The first-order chi connectivity index (χ1) is 12.8. The van der Waals surface area contributed by atoms with Gasteiger partial charge in [-0.3, -0.25) is 4.79 Å². The van der Waals surface area contributed by atoms with Crippen LogP contribution in [0.15, 0.2) is 65.6 Å². The Morgan fingerprint density at radius 1 is 1.00 bits per heavy atom. The molecule has 0 aromatic heterocycles. The molecule has 5 nitrogen and oxygen atoms in total. The molecule has 3 rings (SSSR count). The quantitative estimate of drug-likeness (QED) is 0.680. The fourth-order valence-electron chi connectivity index (χ4n) is 2.65. The number of aryl methyl sites for hydroxylation is 1. The Kier molecular flexibility index (Phi) is 5.53. The molecule has 0 atom stereocenters. The van der Waals surface area contributed by atoms with Gasteiger partial charge in [0.1, 0.15) is 5.82 Å². The second kappa shape index (κ2) is 7.85. The predicted octanol–water partition coefficient (Wildman–Crippen LogP) is 3.59. The van der Waals surface area contributed by atoms with Crippen LogP contribution < -0.4 is 10.0 Å². The molecule has 0 saturated carbocycles. The number of hydrogen-bond acceptors (Lipinski definition) is 3. The van der Waals surface area contributed by atoms with Crippen LogP contribution in [0.25, 0.3) is 10.8 Å². The fraction of sp³-hybridized carbons (Fsp3) is 0.150. The maximum absolute atomic E-state index is 13.7. The smallest absolute Gasteiger partial charge is 0.240 e. The Labute approximate surface area is 157 Å². The van der Waals surface area contributed by atoms with Gasteiger partial charge in [0.15, 0.2) is 0 Å². The zero-order chi connectivity index (χ0) is 19.4. The summed E-state index contributed by atoms with van der Waals surface area (Å²) in [4.78, 5) is 12.1. The number of nitrogens with one attached hydrogen (secondary N) is 2. The number of anilines is 1. The summed E-state index contributed by atoms with van der Waals surface area (Å²) in [7, 11) is -3.74. The molecule has 27 heavy (non-hydrogen) atoms. The van der Waals surface area contributed by atoms with E-state index in [0.717, 1.165) is 16.3 Å². The normalized spacial score (nSPS) is 11.5. The van der Waals surface area contributed by atoms with Crippen LogP contribution in [0.1, 0.15) is 12.0 Å². The van der Waals surface area contributed by atoms with Gasteiger partial charge < -0.3 is 5.32 Å². The van der Waals surface area contributed by atoms with Crippen LogP contribution in [-0.4, -0.2) is 20.9 Å². The van der Waals surface area contributed by atoms with Crippen molar-refractivity contribution < 1.29 is 17.6 Å². The monoisotopic (exact) mass is 386 g/mol. The third kappa shape index (κ3) is 4.69. The molecule has 140 valence electrons. The van der Waals surface area contributed by atoms with Gasteiger partial charge in [-0.05, 0) is 47.5 Å². The van der Waals surface area contributed by atoms with Gasteiger partial charge >= 0.3 is 0 Å². The van der Waals surface area contributed by atoms with Crippen molar-refractivity contribution >= 4 is 32.4 Å². The number of rotatable bonds is 6. The summed E-state index contributed by atoms with van der Waals surface area (Å²) in [5.41, 5.74) is 0.816. The van der Waals surface area contributed by atoms with Gasteiger partial charge in [-0.1, -0.05) is 36.4 Å². The van der Waals surface area contributed by atoms with Gasteiger partial charge in [0.25, 0.3) is 0 Å². The standard InChI is InChI=1S/C20H19FN2O3S/c1-14-6-9-19(18(21)12-14)23-20(24)10-11-22-27(25,26)17-8-7-15-4-2-3-5-16(15)13-17/h2-9,12-13,22H,10-11H2,1H3,(H,23,24). The molecule has 7 heteroatoms. The molecule has 0 bridgehead atoms. The van der Waals surface area contributed by atoms with E-state index in [4.69, 9.17) is 0 Å². The summed E-state index contributed by atoms with van der Waals surface area (Å²) >= 11 is 0. The number of benzene rings is 3. The first-order valence-corrected chi connectivity index (χ1v) is 9.88. The molecule has 0 unspecified atom stereocenters. The molecule has 0 spiro atoms. The maximum Gasteiger partial charge on any atom is 0.240 e. The molecule has 0 aliphatic carbocycles. The van der Waals surface area contributed by atoms with E-state index in [1.54, 1.807) is 25.1 Å². The van der Waals surface area contributed by atoms with E-state index < -0.39 is 21.7 Å². The van der Waals surface area contributed by atoms with Gasteiger partial charge in [0, 0.05) is 13.0 Å². The third-order valence-electron chi connectivity index (χ3n) is 4.07. The minimum Gasteiger partial charge on any atom is -0.324 e. The highest BCUT2D eigenvalue weighted by molar-refractivity contribution is 7.89. The van der Waals surface area contributed by atoms with Crippen molar-refractivity contribution in [1.29, 1.82) is 0 Å². The van der Waals surface area contributed by atoms with E-state index in [1.807, 2.05) is 24.3 Å². The van der Waals surface area contributed by atoms with Crippen molar-refractivity contribution in [3.8, 4) is 0 Å². The fourth-order valence-corrected chi connectivity index (χ4v) is 3.72. The van der Waals surface area contributed by atoms with E-state index in [-0.39, 0.29) is 23.5 Å². The Bertz CT molecular complexity index is 1100. The van der Waals surface area contributed by atoms with Gasteiger partial charge in [-0.25, -0.2) is 17.5 Å². The number of sulfonamides is 1. The second-order valence-electron chi connectivity index (χ2n) is 6.19. The van der Waals surface area contributed by atoms with E-state index in [9.17, 15) is 17.6 Å². The minimum atomic E-state index is -3.74. The van der Waals surface area contributed by atoms with Crippen molar-refractivity contribution in [3.63, 3.8) is 0 Å². The molecular formula is C20H19FN2O3S. The van der Waals surface area contributed by atoms with Crippen molar-refractivity contribution in [1.82, 2.24) is 4.72 Å². The Hall–Kier alpha value is -2.77. The molecule has 3 aromatic carbocycles. The highest BCUT2D eigenvalue weighted by Gasteiger charge is 2.15. The van der Waals surface area contributed by atoms with Crippen LogP contribution in [0.3, 0.4) is 0 Å². The highest BCUT2D eigenvalue weighted by atomic mass is 32.2. The topological polar surface area (TPSA) is 75.3 Å². The lowest BCUT2D eigenvalue weighted by Gasteiger charge is -2.09. The summed E-state index contributed by atoms with van der Waals surface area (Å²) in [6.45, 7) is 1.66. The van der Waals surface area contributed by atoms with Crippen molar-refractivity contribution in [2.45, 2.75) is 18.2 Å². The lowest BCUT2D eigenvalue weighted by Crippen LogP contribution is -2.28. The molecule has 0 aliphatic heterocycles. The summed E-state index contributed by atoms with van der Waals surface area (Å²) in [6, 6.07) is 16.8. The number of fused-ring (bicyclic) bond motifs is 1. The Morgan fingerprint density at radius 3 is 2.48 bits per heavy atom. The lowest BCUT2D eigenvalue weighted by molar-refractivity contribution is -0.116. The van der Waals surface area contributed by atoms with Crippen LogP contribution in [0.2, 0.25) is 0 Å². The number of carbonyl (C=O) groups excluding carboxylic acids is 1. The molecule has 0 fully saturated rings. The highest BCUT2D eigenvalue weighted by Crippen LogP contribution is 2.19. The Balaban J connectivity index is 1.60. The molecule has 0 aliphatic rings. The molecular weight excluding hydrogens is 367 g/mol. The zero-order valence-corrected chi connectivity index (χ0v) is 15.5. The van der Waals surface area contributed by atoms with Crippen LogP contribution in [0, 0.1) is 12.7 Å². The summed E-state index contributed by atoms with van der Waals surface area (Å²) in [5.74, 6) is -1.00. The van der Waals surface area contributed by atoms with Crippen LogP contribution in [-0.2, 0) is 14.8 Å². The van der Waals surface area contributed by atoms with E-state index in [1.165, 1.54) is 18.2 Å².